The molecule has 0 saturated carbocycles. The number of ether oxygens (including phenoxy) is 3. The zero-order valence-corrected chi connectivity index (χ0v) is 16.4. The van der Waals surface area contributed by atoms with Gasteiger partial charge in [0.2, 0.25) is 0 Å². The van der Waals surface area contributed by atoms with Crippen LogP contribution in [0.25, 0.3) is 0 Å². The van der Waals surface area contributed by atoms with E-state index in [0.717, 1.165) is 58.3 Å². The highest BCUT2D eigenvalue weighted by Crippen LogP contribution is 2.14. The van der Waals surface area contributed by atoms with Crippen LogP contribution < -0.4 is 15.4 Å². The summed E-state index contributed by atoms with van der Waals surface area (Å²) >= 11 is 0. The van der Waals surface area contributed by atoms with Crippen LogP contribution in [0.2, 0.25) is 0 Å². The number of nitrogens with one attached hydrogen (secondary N) is 2. The summed E-state index contributed by atoms with van der Waals surface area (Å²) < 4.78 is 29.9. The van der Waals surface area contributed by atoms with Gasteiger partial charge in [-0.1, -0.05) is 6.07 Å². The van der Waals surface area contributed by atoms with E-state index in [-0.39, 0.29) is 11.9 Å². The van der Waals surface area contributed by atoms with Gasteiger partial charge in [0.05, 0.1) is 19.8 Å². The van der Waals surface area contributed by atoms with E-state index in [1.165, 1.54) is 12.1 Å². The van der Waals surface area contributed by atoms with Gasteiger partial charge in [-0.25, -0.2) is 9.38 Å². The molecule has 1 aliphatic rings. The fourth-order valence-corrected chi connectivity index (χ4v) is 2.72. The molecular weight excluding hydrogens is 349 g/mol. The minimum Gasteiger partial charge on any atom is -0.489 e. The van der Waals surface area contributed by atoms with Crippen molar-refractivity contribution in [3.63, 3.8) is 0 Å². The Kier molecular flexibility index (Phi) is 9.94. The molecule has 1 aromatic carbocycles. The third-order valence-electron chi connectivity index (χ3n) is 4.12. The van der Waals surface area contributed by atoms with Gasteiger partial charge < -0.3 is 24.8 Å². The highest BCUT2D eigenvalue weighted by atomic mass is 19.1. The largest absolute Gasteiger partial charge is 0.489 e. The molecule has 1 saturated heterocycles. The van der Waals surface area contributed by atoms with Crippen LogP contribution in [0.5, 0.6) is 5.75 Å². The number of guanidine groups is 1. The molecule has 2 atom stereocenters. The molecule has 1 fully saturated rings. The number of rotatable bonds is 11. The fourth-order valence-electron chi connectivity index (χ4n) is 2.72. The van der Waals surface area contributed by atoms with E-state index in [1.54, 1.807) is 12.1 Å². The zero-order valence-electron chi connectivity index (χ0n) is 16.4. The van der Waals surface area contributed by atoms with E-state index in [2.05, 4.69) is 15.6 Å². The topological polar surface area (TPSA) is 64.1 Å². The van der Waals surface area contributed by atoms with Crippen molar-refractivity contribution in [2.24, 2.45) is 10.9 Å². The third-order valence-corrected chi connectivity index (χ3v) is 4.12. The number of aliphatic imine (C=N–C) groups is 1. The second kappa shape index (κ2) is 12.5. The maximum atomic E-state index is 13.2. The standard InChI is InChI=1S/C20H32FN3O3/c1-3-22-20(23-9-5-10-25-14-17-8-11-26-15-17)24-13-16(2)27-19-7-4-6-18(21)12-19/h4,6-7,12,16-17H,3,5,8-11,13-15H2,1-2H3,(H2,22,23,24). The Morgan fingerprint density at radius 3 is 3.04 bits per heavy atom. The van der Waals surface area contributed by atoms with E-state index in [0.29, 0.717) is 18.2 Å². The maximum absolute atomic E-state index is 13.2. The quantitative estimate of drug-likeness (QED) is 0.350. The van der Waals surface area contributed by atoms with Gasteiger partial charge in [0.25, 0.3) is 0 Å². The summed E-state index contributed by atoms with van der Waals surface area (Å²) in [5.74, 6) is 1.51. The molecule has 2 N–H and O–H groups in total. The molecule has 1 aliphatic heterocycles. The van der Waals surface area contributed by atoms with E-state index in [4.69, 9.17) is 14.2 Å². The molecule has 152 valence electrons. The van der Waals surface area contributed by atoms with Crippen molar-refractivity contribution in [1.82, 2.24) is 10.6 Å². The molecule has 0 bridgehead atoms. The van der Waals surface area contributed by atoms with Crippen molar-refractivity contribution >= 4 is 5.96 Å². The summed E-state index contributed by atoms with van der Waals surface area (Å²) in [5, 5.41) is 6.51. The van der Waals surface area contributed by atoms with Gasteiger partial charge in [-0.3, -0.25) is 0 Å². The monoisotopic (exact) mass is 381 g/mol. The summed E-state index contributed by atoms with van der Waals surface area (Å²) in [5.41, 5.74) is 0. The molecule has 6 nitrogen and oxygen atoms in total. The highest BCUT2D eigenvalue weighted by Gasteiger charge is 2.15. The van der Waals surface area contributed by atoms with E-state index in [9.17, 15) is 4.39 Å². The van der Waals surface area contributed by atoms with E-state index < -0.39 is 0 Å². The number of benzene rings is 1. The third kappa shape index (κ3) is 9.06. The fraction of sp³-hybridized carbons (Fsp3) is 0.650. The molecule has 2 unspecified atom stereocenters. The number of nitrogens with zero attached hydrogens (tertiary/aromatic N) is 1. The van der Waals surface area contributed by atoms with Crippen LogP contribution in [0.15, 0.2) is 29.3 Å². The smallest absolute Gasteiger partial charge is 0.191 e. The predicted molar refractivity (Wildman–Crippen MR) is 105 cm³/mol. The Hall–Kier alpha value is -1.86. The van der Waals surface area contributed by atoms with Crippen molar-refractivity contribution in [3.05, 3.63) is 30.1 Å². The molecule has 2 rings (SSSR count). The molecule has 7 heteroatoms. The van der Waals surface area contributed by atoms with Crippen LogP contribution in [-0.2, 0) is 9.47 Å². The summed E-state index contributed by atoms with van der Waals surface area (Å²) in [6, 6.07) is 6.15. The van der Waals surface area contributed by atoms with Crippen LogP contribution >= 0.6 is 0 Å². The molecule has 0 radical (unpaired) electrons. The number of hydrogen-bond donors (Lipinski definition) is 2. The normalized spacial score (nSPS) is 18.3. The Morgan fingerprint density at radius 1 is 1.41 bits per heavy atom. The van der Waals surface area contributed by atoms with Gasteiger partial charge in [-0.05, 0) is 38.8 Å². The van der Waals surface area contributed by atoms with Crippen LogP contribution in [-0.4, -0.2) is 58.1 Å². The molecule has 1 heterocycles. The summed E-state index contributed by atoms with van der Waals surface area (Å²) in [7, 11) is 0. The van der Waals surface area contributed by atoms with Crippen molar-refractivity contribution in [3.8, 4) is 5.75 Å². The predicted octanol–water partition coefficient (Wildman–Crippen LogP) is 2.59. The zero-order chi connectivity index (χ0) is 19.3. The van der Waals surface area contributed by atoms with Crippen LogP contribution in [0.4, 0.5) is 4.39 Å². The minimum atomic E-state index is -0.305. The number of halogens is 1. The molecular formula is C20H32FN3O3. The highest BCUT2D eigenvalue weighted by molar-refractivity contribution is 5.79. The number of hydrogen-bond acceptors (Lipinski definition) is 4. The summed E-state index contributed by atoms with van der Waals surface area (Å²) in [6.45, 7) is 9.17. The lowest BCUT2D eigenvalue weighted by molar-refractivity contribution is 0.0888. The Bertz CT molecular complexity index is 565. The lowest BCUT2D eigenvalue weighted by atomic mass is 10.1. The van der Waals surface area contributed by atoms with Gasteiger partial charge in [0.15, 0.2) is 5.96 Å². The summed E-state index contributed by atoms with van der Waals surface area (Å²) in [4.78, 5) is 4.53. The van der Waals surface area contributed by atoms with Crippen molar-refractivity contribution in [2.45, 2.75) is 32.8 Å². The lowest BCUT2D eigenvalue weighted by Crippen LogP contribution is -2.38. The second-order valence-electron chi connectivity index (χ2n) is 6.69. The van der Waals surface area contributed by atoms with Crippen molar-refractivity contribution < 1.29 is 18.6 Å². The first-order valence-electron chi connectivity index (χ1n) is 9.77. The molecule has 0 spiro atoms. The van der Waals surface area contributed by atoms with Crippen LogP contribution in [0.3, 0.4) is 0 Å². The van der Waals surface area contributed by atoms with E-state index in [1.807, 2.05) is 13.8 Å². The maximum Gasteiger partial charge on any atom is 0.191 e. The van der Waals surface area contributed by atoms with Gasteiger partial charge in [0, 0.05) is 38.3 Å². The van der Waals surface area contributed by atoms with E-state index >= 15 is 0 Å². The van der Waals surface area contributed by atoms with Crippen molar-refractivity contribution in [2.75, 3.05) is 46.1 Å². The van der Waals surface area contributed by atoms with Gasteiger partial charge in [0.1, 0.15) is 17.7 Å². The van der Waals surface area contributed by atoms with Gasteiger partial charge in [-0.2, -0.15) is 0 Å². The summed E-state index contributed by atoms with van der Waals surface area (Å²) in [6.07, 6.45) is 1.86. The first-order chi connectivity index (χ1) is 13.2. The average Bonchev–Trinajstić information content (AvgIpc) is 3.16. The first kappa shape index (κ1) is 21.4. The van der Waals surface area contributed by atoms with Crippen LogP contribution in [0.1, 0.15) is 26.7 Å². The second-order valence-corrected chi connectivity index (χ2v) is 6.69. The Balaban J connectivity index is 1.63. The molecule has 0 aromatic heterocycles. The lowest BCUT2D eigenvalue weighted by Gasteiger charge is -2.15. The first-order valence-corrected chi connectivity index (χ1v) is 9.77. The average molecular weight is 381 g/mol. The van der Waals surface area contributed by atoms with Crippen LogP contribution in [0, 0.1) is 11.7 Å². The van der Waals surface area contributed by atoms with Crippen molar-refractivity contribution in [1.29, 1.82) is 0 Å². The Morgan fingerprint density at radius 2 is 2.30 bits per heavy atom. The van der Waals surface area contributed by atoms with Gasteiger partial charge >= 0.3 is 0 Å². The minimum absolute atomic E-state index is 0.153. The SMILES string of the molecule is CCNC(=NCC(C)Oc1cccc(F)c1)NCCCOCC1CCOC1. The molecule has 0 amide bonds. The molecule has 1 aromatic rings. The molecule has 27 heavy (non-hydrogen) atoms. The molecule has 0 aliphatic carbocycles. The Labute approximate surface area is 161 Å². The van der Waals surface area contributed by atoms with Gasteiger partial charge in [-0.15, -0.1) is 0 Å².